The van der Waals surface area contributed by atoms with Crippen LogP contribution in [0.25, 0.3) is 0 Å². The van der Waals surface area contributed by atoms with Crippen LogP contribution in [0.5, 0.6) is 11.5 Å². The van der Waals surface area contributed by atoms with Crippen molar-refractivity contribution in [3.05, 3.63) is 95.6 Å². The van der Waals surface area contributed by atoms with Crippen LogP contribution in [-0.4, -0.2) is 18.4 Å². The molecule has 1 N–H and O–H groups in total. The topological polar surface area (TPSA) is 51.5 Å². The summed E-state index contributed by atoms with van der Waals surface area (Å²) >= 11 is 0. The Morgan fingerprint density at radius 1 is 0.724 bits per heavy atom. The lowest BCUT2D eigenvalue weighted by Crippen LogP contribution is -2.11. The molecule has 4 nitrogen and oxygen atoms in total. The molecule has 0 aliphatic heterocycles. The van der Waals surface area contributed by atoms with Crippen LogP contribution in [0.15, 0.2) is 78.9 Å². The highest BCUT2D eigenvalue weighted by atomic mass is 16.5. The minimum absolute atomic E-state index is 0.224. The summed E-state index contributed by atoms with van der Waals surface area (Å²) in [5.41, 5.74) is 3.52. The monoisotopic (exact) mass is 389 g/mol. The maximum Gasteiger partial charge on any atom is 0.130 e. The Bertz CT molecular complexity index is 888. The zero-order valence-corrected chi connectivity index (χ0v) is 16.9. The Hall–Kier alpha value is -3.11. The first-order valence-corrected chi connectivity index (χ1v) is 9.78. The van der Waals surface area contributed by atoms with Crippen molar-refractivity contribution in [2.24, 2.45) is 0 Å². The summed E-state index contributed by atoms with van der Waals surface area (Å²) in [6.45, 7) is 5.40. The number of benzene rings is 3. The van der Waals surface area contributed by atoms with Crippen molar-refractivity contribution in [3.63, 3.8) is 0 Å². The molecule has 0 bridgehead atoms. The molecular formula is C25H27NO3. The summed E-state index contributed by atoms with van der Waals surface area (Å²) in [4.78, 5) is 0. The zero-order valence-electron chi connectivity index (χ0n) is 16.9. The van der Waals surface area contributed by atoms with E-state index in [0.717, 1.165) is 28.2 Å². The van der Waals surface area contributed by atoms with Crippen molar-refractivity contribution in [2.75, 3.05) is 6.61 Å². The summed E-state index contributed by atoms with van der Waals surface area (Å²) in [6, 6.07) is 25.4. The van der Waals surface area contributed by atoms with Gasteiger partial charge in [0.15, 0.2) is 0 Å². The van der Waals surface area contributed by atoms with Gasteiger partial charge in [-0.2, -0.15) is 0 Å². The second-order valence-electron chi connectivity index (χ2n) is 7.07. The summed E-state index contributed by atoms with van der Waals surface area (Å²) in [5.74, 6) is 1.57. The number of nitrogens with one attached hydrogen (secondary N) is 1. The fourth-order valence-electron chi connectivity index (χ4n) is 2.67. The zero-order chi connectivity index (χ0) is 20.5. The summed E-state index contributed by atoms with van der Waals surface area (Å²) < 4.78 is 17.2. The van der Waals surface area contributed by atoms with Crippen molar-refractivity contribution in [2.45, 2.75) is 33.2 Å². The van der Waals surface area contributed by atoms with E-state index >= 15 is 0 Å². The maximum absolute atomic E-state index is 8.09. The molecule has 3 aromatic rings. The quantitative estimate of drug-likeness (QED) is 0.457. The lowest BCUT2D eigenvalue weighted by Gasteiger charge is -2.10. The smallest absolute Gasteiger partial charge is 0.130 e. The van der Waals surface area contributed by atoms with E-state index in [1.54, 1.807) is 0 Å². The molecule has 0 radical (unpaired) electrons. The maximum atomic E-state index is 8.09. The van der Waals surface area contributed by atoms with Crippen molar-refractivity contribution in [1.29, 1.82) is 5.41 Å². The van der Waals surface area contributed by atoms with Gasteiger partial charge in [-0.1, -0.05) is 54.6 Å². The Labute approximate surface area is 172 Å². The van der Waals surface area contributed by atoms with Crippen molar-refractivity contribution in [3.8, 4) is 11.5 Å². The van der Waals surface area contributed by atoms with Gasteiger partial charge in [0.2, 0.25) is 0 Å². The van der Waals surface area contributed by atoms with Gasteiger partial charge in [0.05, 0.1) is 18.4 Å². The van der Waals surface area contributed by atoms with Gasteiger partial charge in [0.25, 0.3) is 0 Å². The Morgan fingerprint density at radius 3 is 1.86 bits per heavy atom. The summed E-state index contributed by atoms with van der Waals surface area (Å²) in [7, 11) is 0. The van der Waals surface area contributed by atoms with Crippen molar-refractivity contribution >= 4 is 5.71 Å². The van der Waals surface area contributed by atoms with Crippen LogP contribution < -0.4 is 9.47 Å². The second kappa shape index (κ2) is 10.4. The second-order valence-corrected chi connectivity index (χ2v) is 7.07. The third-order valence-corrected chi connectivity index (χ3v) is 4.34. The van der Waals surface area contributed by atoms with Crippen LogP contribution in [0.3, 0.4) is 0 Å². The van der Waals surface area contributed by atoms with Gasteiger partial charge in [-0.05, 0) is 54.8 Å². The largest absolute Gasteiger partial charge is 0.489 e. The van der Waals surface area contributed by atoms with E-state index in [-0.39, 0.29) is 12.7 Å². The van der Waals surface area contributed by atoms with Crippen molar-refractivity contribution in [1.82, 2.24) is 0 Å². The van der Waals surface area contributed by atoms with Crippen molar-refractivity contribution < 1.29 is 14.2 Å². The Kier molecular flexibility index (Phi) is 7.42. The van der Waals surface area contributed by atoms with Crippen LogP contribution in [0.4, 0.5) is 0 Å². The number of hydrogen-bond donors (Lipinski definition) is 1. The molecule has 0 heterocycles. The molecule has 0 aliphatic rings. The molecule has 150 valence electrons. The molecule has 0 saturated heterocycles. The predicted molar refractivity (Wildman–Crippen MR) is 116 cm³/mol. The van der Waals surface area contributed by atoms with Gasteiger partial charge in [-0.15, -0.1) is 0 Å². The first-order chi connectivity index (χ1) is 14.1. The molecule has 3 rings (SSSR count). The molecule has 0 aliphatic carbocycles. The van der Waals surface area contributed by atoms with Gasteiger partial charge in [0, 0.05) is 0 Å². The lowest BCUT2D eigenvalue weighted by molar-refractivity contribution is 0.0657. The van der Waals surface area contributed by atoms with Gasteiger partial charge >= 0.3 is 0 Å². The summed E-state index contributed by atoms with van der Waals surface area (Å²) in [6.07, 6.45) is 0.224. The normalized spacial score (nSPS) is 10.7. The number of hydrogen-bond acceptors (Lipinski definition) is 4. The molecule has 0 aromatic heterocycles. The molecule has 3 aromatic carbocycles. The minimum atomic E-state index is 0.224. The SMILES string of the molecule is CC(C)OCc1ccc(OCc2ccc(OCC(=N)c3ccccc3)cc2)cc1. The molecule has 0 saturated carbocycles. The molecular weight excluding hydrogens is 362 g/mol. The Morgan fingerprint density at radius 2 is 1.28 bits per heavy atom. The molecule has 0 atom stereocenters. The van der Waals surface area contributed by atoms with Gasteiger partial charge in [-0.25, -0.2) is 0 Å². The standard InChI is InChI=1S/C25H27NO3/c1-19(2)27-16-20-8-12-23(13-9-20)28-17-21-10-14-24(15-11-21)29-18-25(26)22-6-4-3-5-7-22/h3-15,19,26H,16-18H2,1-2H3. The van der Waals surface area contributed by atoms with Crippen LogP contribution in [0.2, 0.25) is 0 Å². The first kappa shape index (κ1) is 20.6. The molecule has 0 spiro atoms. The molecule has 0 unspecified atom stereocenters. The fourth-order valence-corrected chi connectivity index (χ4v) is 2.67. The molecule has 29 heavy (non-hydrogen) atoms. The van der Waals surface area contributed by atoms with Gasteiger partial charge < -0.3 is 19.6 Å². The van der Waals surface area contributed by atoms with Gasteiger partial charge in [0.1, 0.15) is 24.7 Å². The van der Waals surface area contributed by atoms with Crippen LogP contribution in [-0.2, 0) is 18.0 Å². The predicted octanol–water partition coefficient (Wildman–Crippen LogP) is 5.64. The highest BCUT2D eigenvalue weighted by molar-refractivity contribution is 5.99. The minimum Gasteiger partial charge on any atom is -0.489 e. The third-order valence-electron chi connectivity index (χ3n) is 4.34. The molecule has 0 amide bonds. The average Bonchev–Trinajstić information content (AvgIpc) is 2.76. The van der Waals surface area contributed by atoms with E-state index in [4.69, 9.17) is 19.6 Å². The van der Waals surface area contributed by atoms with E-state index in [1.807, 2.05) is 92.7 Å². The van der Waals surface area contributed by atoms with E-state index in [9.17, 15) is 0 Å². The number of rotatable bonds is 10. The summed E-state index contributed by atoms with van der Waals surface area (Å²) in [5, 5.41) is 8.09. The van der Waals surface area contributed by atoms with Crippen LogP contribution in [0, 0.1) is 5.41 Å². The molecule has 0 fully saturated rings. The van der Waals surface area contributed by atoms with E-state index in [0.29, 0.717) is 18.9 Å². The van der Waals surface area contributed by atoms with E-state index in [2.05, 4.69) is 0 Å². The lowest BCUT2D eigenvalue weighted by atomic mass is 10.1. The van der Waals surface area contributed by atoms with E-state index in [1.165, 1.54) is 0 Å². The molecule has 4 heteroatoms. The third kappa shape index (κ3) is 6.77. The van der Waals surface area contributed by atoms with Crippen LogP contribution >= 0.6 is 0 Å². The highest BCUT2D eigenvalue weighted by Gasteiger charge is 2.03. The first-order valence-electron chi connectivity index (χ1n) is 9.78. The van der Waals surface area contributed by atoms with E-state index < -0.39 is 0 Å². The number of ether oxygens (including phenoxy) is 3. The Balaban J connectivity index is 1.45. The highest BCUT2D eigenvalue weighted by Crippen LogP contribution is 2.17. The van der Waals surface area contributed by atoms with Gasteiger partial charge in [-0.3, -0.25) is 0 Å². The fraction of sp³-hybridized carbons (Fsp3) is 0.240. The van der Waals surface area contributed by atoms with Crippen LogP contribution in [0.1, 0.15) is 30.5 Å². The average molecular weight is 389 g/mol.